The van der Waals surface area contributed by atoms with Crippen molar-refractivity contribution in [3.8, 4) is 0 Å². The van der Waals surface area contributed by atoms with E-state index in [9.17, 15) is 0 Å². The van der Waals surface area contributed by atoms with E-state index in [1.54, 1.807) is 0 Å². The minimum atomic E-state index is 0.704. The second kappa shape index (κ2) is 6.69. The monoisotopic (exact) mass is 240 g/mol. The van der Waals surface area contributed by atoms with Crippen LogP contribution in [-0.2, 0) is 0 Å². The van der Waals surface area contributed by atoms with Crippen LogP contribution in [0.25, 0.3) is 0 Å². The molecule has 2 saturated heterocycles. The van der Waals surface area contributed by atoms with Gasteiger partial charge in [0, 0.05) is 32.2 Å². The Morgan fingerprint density at radius 1 is 1.00 bits per heavy atom. The third kappa shape index (κ3) is 4.21. The van der Waals surface area contributed by atoms with Gasteiger partial charge in [-0.1, -0.05) is 6.92 Å². The first-order valence-corrected chi connectivity index (χ1v) is 7.20. The SMILES string of the molecule is CCN1CCCC(NN2CCN(C)CC2)CC1. The molecule has 4 nitrogen and oxygen atoms in total. The molecule has 100 valence electrons. The zero-order chi connectivity index (χ0) is 12.1. The maximum Gasteiger partial charge on any atom is 0.0259 e. The average Bonchev–Trinajstić information content (AvgIpc) is 2.57. The zero-order valence-electron chi connectivity index (χ0n) is 11.5. The van der Waals surface area contributed by atoms with E-state index in [1.807, 2.05) is 0 Å². The number of hydrogen-bond acceptors (Lipinski definition) is 4. The molecule has 2 rings (SSSR count). The molecular weight excluding hydrogens is 212 g/mol. The quantitative estimate of drug-likeness (QED) is 0.780. The number of hydrazine groups is 1. The van der Waals surface area contributed by atoms with Gasteiger partial charge in [0.15, 0.2) is 0 Å². The molecule has 0 bridgehead atoms. The summed E-state index contributed by atoms with van der Waals surface area (Å²) >= 11 is 0. The van der Waals surface area contributed by atoms with Crippen LogP contribution in [0.3, 0.4) is 0 Å². The van der Waals surface area contributed by atoms with Crippen molar-refractivity contribution in [2.75, 3.05) is 52.9 Å². The van der Waals surface area contributed by atoms with E-state index in [4.69, 9.17) is 0 Å². The van der Waals surface area contributed by atoms with Crippen molar-refractivity contribution in [2.24, 2.45) is 0 Å². The second-order valence-electron chi connectivity index (χ2n) is 5.48. The van der Waals surface area contributed by atoms with Crippen molar-refractivity contribution in [2.45, 2.75) is 32.2 Å². The lowest BCUT2D eigenvalue weighted by molar-refractivity contribution is 0.0834. The lowest BCUT2D eigenvalue weighted by Gasteiger charge is -2.35. The Morgan fingerprint density at radius 2 is 1.76 bits per heavy atom. The fourth-order valence-corrected chi connectivity index (χ4v) is 2.79. The maximum absolute atomic E-state index is 3.74. The normalized spacial score (nSPS) is 30.4. The molecule has 0 aromatic heterocycles. The predicted molar refractivity (Wildman–Crippen MR) is 72.0 cm³/mol. The molecule has 0 aromatic carbocycles. The molecule has 0 aromatic rings. The molecular formula is C13H28N4. The average molecular weight is 240 g/mol. The summed E-state index contributed by atoms with van der Waals surface area (Å²) in [5.74, 6) is 0. The first-order chi connectivity index (χ1) is 8.28. The Labute approximate surface area is 106 Å². The van der Waals surface area contributed by atoms with Gasteiger partial charge in [0.2, 0.25) is 0 Å². The third-order valence-electron chi connectivity index (χ3n) is 4.14. The summed E-state index contributed by atoms with van der Waals surface area (Å²) in [6, 6.07) is 0.704. The van der Waals surface area contributed by atoms with Crippen molar-refractivity contribution < 1.29 is 0 Å². The summed E-state index contributed by atoms with van der Waals surface area (Å²) in [5, 5.41) is 2.44. The Hall–Kier alpha value is -0.160. The fourth-order valence-electron chi connectivity index (χ4n) is 2.79. The molecule has 2 aliphatic heterocycles. The van der Waals surface area contributed by atoms with Crippen molar-refractivity contribution in [3.63, 3.8) is 0 Å². The topological polar surface area (TPSA) is 21.8 Å². The smallest absolute Gasteiger partial charge is 0.0259 e. The number of rotatable bonds is 3. The van der Waals surface area contributed by atoms with E-state index < -0.39 is 0 Å². The third-order valence-corrected chi connectivity index (χ3v) is 4.14. The summed E-state index contributed by atoms with van der Waals surface area (Å²) < 4.78 is 0. The highest BCUT2D eigenvalue weighted by Gasteiger charge is 2.20. The molecule has 0 saturated carbocycles. The molecule has 1 unspecified atom stereocenters. The maximum atomic E-state index is 3.74. The number of nitrogens with one attached hydrogen (secondary N) is 1. The largest absolute Gasteiger partial charge is 0.304 e. The predicted octanol–water partition coefficient (Wildman–Crippen LogP) is 0.613. The molecule has 4 heteroatoms. The van der Waals surface area contributed by atoms with Gasteiger partial charge in [0.1, 0.15) is 0 Å². The molecule has 2 aliphatic rings. The molecule has 0 spiro atoms. The van der Waals surface area contributed by atoms with Crippen molar-refractivity contribution in [3.05, 3.63) is 0 Å². The lowest BCUT2D eigenvalue weighted by atomic mass is 10.1. The van der Waals surface area contributed by atoms with Crippen LogP contribution >= 0.6 is 0 Å². The molecule has 1 atom stereocenters. The van der Waals surface area contributed by atoms with Gasteiger partial charge in [-0.15, -0.1) is 0 Å². The van der Waals surface area contributed by atoms with E-state index in [-0.39, 0.29) is 0 Å². The zero-order valence-corrected chi connectivity index (χ0v) is 11.5. The van der Waals surface area contributed by atoms with Crippen LogP contribution in [-0.4, -0.2) is 73.7 Å². The number of nitrogens with zero attached hydrogens (tertiary/aromatic N) is 3. The Balaban J connectivity index is 1.71. The summed E-state index contributed by atoms with van der Waals surface area (Å²) in [4.78, 5) is 4.98. The number of likely N-dealkylation sites (tertiary alicyclic amines) is 1. The molecule has 0 amide bonds. The highest BCUT2D eigenvalue weighted by atomic mass is 15.5. The van der Waals surface area contributed by atoms with E-state index in [0.29, 0.717) is 6.04 Å². The van der Waals surface area contributed by atoms with Gasteiger partial charge in [0.05, 0.1) is 0 Å². The van der Waals surface area contributed by atoms with Crippen LogP contribution < -0.4 is 5.43 Å². The summed E-state index contributed by atoms with van der Waals surface area (Å²) in [6.07, 6.45) is 3.99. The lowest BCUT2D eigenvalue weighted by Crippen LogP contribution is -2.53. The van der Waals surface area contributed by atoms with Crippen molar-refractivity contribution >= 4 is 0 Å². The molecule has 2 fully saturated rings. The van der Waals surface area contributed by atoms with E-state index in [0.717, 1.165) is 0 Å². The molecule has 17 heavy (non-hydrogen) atoms. The van der Waals surface area contributed by atoms with Crippen LogP contribution in [0.4, 0.5) is 0 Å². The second-order valence-corrected chi connectivity index (χ2v) is 5.48. The van der Waals surface area contributed by atoms with Gasteiger partial charge < -0.3 is 9.80 Å². The van der Waals surface area contributed by atoms with Gasteiger partial charge in [0.25, 0.3) is 0 Å². The Bertz CT molecular complexity index is 213. The highest BCUT2D eigenvalue weighted by Crippen LogP contribution is 2.11. The minimum absolute atomic E-state index is 0.704. The first-order valence-electron chi connectivity index (χ1n) is 7.20. The highest BCUT2D eigenvalue weighted by molar-refractivity contribution is 4.75. The molecule has 0 aliphatic carbocycles. The van der Waals surface area contributed by atoms with Crippen LogP contribution in [0.5, 0.6) is 0 Å². The fraction of sp³-hybridized carbons (Fsp3) is 1.00. The standard InChI is InChI=1S/C13H28N4/c1-3-16-7-4-5-13(6-8-16)14-17-11-9-15(2)10-12-17/h13-14H,3-12H2,1-2H3. The van der Waals surface area contributed by atoms with Crippen molar-refractivity contribution in [1.29, 1.82) is 0 Å². The van der Waals surface area contributed by atoms with Gasteiger partial charge in [-0.2, -0.15) is 0 Å². The minimum Gasteiger partial charge on any atom is -0.304 e. The summed E-state index contributed by atoms with van der Waals surface area (Å²) in [6.45, 7) is 10.8. The Morgan fingerprint density at radius 3 is 2.47 bits per heavy atom. The van der Waals surface area contributed by atoms with Crippen molar-refractivity contribution in [1.82, 2.24) is 20.2 Å². The Kier molecular flexibility index (Phi) is 5.22. The van der Waals surface area contributed by atoms with Crippen LogP contribution in [0.2, 0.25) is 0 Å². The van der Waals surface area contributed by atoms with E-state index >= 15 is 0 Å². The van der Waals surface area contributed by atoms with E-state index in [1.165, 1.54) is 65.1 Å². The number of hydrogen-bond donors (Lipinski definition) is 1. The number of likely N-dealkylation sites (N-methyl/N-ethyl adjacent to an activating group) is 1. The molecule has 1 N–H and O–H groups in total. The number of piperazine rings is 1. The van der Waals surface area contributed by atoms with Gasteiger partial charge in [-0.05, 0) is 45.9 Å². The first kappa shape index (κ1) is 13.3. The summed E-state index contributed by atoms with van der Waals surface area (Å²) in [7, 11) is 2.21. The molecule has 0 radical (unpaired) electrons. The van der Waals surface area contributed by atoms with Gasteiger partial charge in [-0.3, -0.25) is 5.43 Å². The van der Waals surface area contributed by atoms with Gasteiger partial charge >= 0.3 is 0 Å². The summed E-state index contributed by atoms with van der Waals surface area (Å²) in [5.41, 5.74) is 3.74. The van der Waals surface area contributed by atoms with Gasteiger partial charge in [-0.25, -0.2) is 5.01 Å². The molecule has 2 heterocycles. The van der Waals surface area contributed by atoms with Crippen LogP contribution in [0.1, 0.15) is 26.2 Å². The van der Waals surface area contributed by atoms with E-state index in [2.05, 4.69) is 34.2 Å². The van der Waals surface area contributed by atoms with Crippen LogP contribution in [0, 0.1) is 0 Å². The van der Waals surface area contributed by atoms with Crippen LogP contribution in [0.15, 0.2) is 0 Å².